The second-order valence-corrected chi connectivity index (χ2v) is 3.79. The minimum atomic E-state index is -0.562. The molecule has 1 aromatic rings. The molecule has 0 fully saturated rings. The van der Waals surface area contributed by atoms with Gasteiger partial charge in [-0.05, 0) is 13.3 Å². The van der Waals surface area contributed by atoms with Crippen molar-refractivity contribution in [3.63, 3.8) is 0 Å². The first-order valence-electron chi connectivity index (χ1n) is 5.39. The number of nitro groups is 1. The van der Waals surface area contributed by atoms with Crippen LogP contribution in [0.15, 0.2) is 12.3 Å². The third-order valence-corrected chi connectivity index (χ3v) is 2.31. The summed E-state index contributed by atoms with van der Waals surface area (Å²) >= 11 is 0. The van der Waals surface area contributed by atoms with E-state index in [4.69, 9.17) is 5.26 Å². The molecule has 1 atom stereocenters. The van der Waals surface area contributed by atoms with E-state index in [0.717, 1.165) is 19.0 Å². The van der Waals surface area contributed by atoms with Gasteiger partial charge in [-0.15, -0.1) is 0 Å². The molecule has 0 spiro atoms. The molecule has 1 unspecified atom stereocenters. The van der Waals surface area contributed by atoms with Crippen LogP contribution in [0.25, 0.3) is 0 Å². The molecule has 0 radical (unpaired) electrons. The van der Waals surface area contributed by atoms with Gasteiger partial charge in [0.05, 0.1) is 4.92 Å². The topological polar surface area (TPSA) is 91.8 Å². The number of anilines is 1. The molecule has 1 aromatic heterocycles. The summed E-state index contributed by atoms with van der Waals surface area (Å²) in [4.78, 5) is 13.9. The average molecular weight is 234 g/mol. The average Bonchev–Trinajstić information content (AvgIpc) is 2.29. The first-order valence-corrected chi connectivity index (χ1v) is 5.39. The lowest BCUT2D eigenvalue weighted by Gasteiger charge is -2.13. The zero-order valence-corrected chi connectivity index (χ0v) is 9.80. The molecule has 1 N–H and O–H groups in total. The normalized spacial score (nSPS) is 11.6. The van der Waals surface area contributed by atoms with Crippen molar-refractivity contribution in [2.24, 2.45) is 0 Å². The highest BCUT2D eigenvalue weighted by molar-refractivity contribution is 5.55. The van der Waals surface area contributed by atoms with Crippen LogP contribution >= 0.6 is 0 Å². The number of rotatable bonds is 5. The maximum Gasteiger partial charge on any atom is 0.289 e. The number of nitriles is 1. The van der Waals surface area contributed by atoms with Gasteiger partial charge in [-0.25, -0.2) is 4.98 Å². The molecule has 0 aliphatic rings. The van der Waals surface area contributed by atoms with Gasteiger partial charge in [-0.3, -0.25) is 10.1 Å². The quantitative estimate of drug-likeness (QED) is 0.624. The smallest absolute Gasteiger partial charge is 0.289 e. The van der Waals surface area contributed by atoms with Gasteiger partial charge in [0.2, 0.25) is 0 Å². The lowest BCUT2D eigenvalue weighted by molar-refractivity contribution is -0.385. The van der Waals surface area contributed by atoms with Crippen LogP contribution in [0.5, 0.6) is 0 Å². The Hall–Kier alpha value is -2.16. The highest BCUT2D eigenvalue weighted by atomic mass is 16.6. The lowest BCUT2D eigenvalue weighted by Crippen LogP contribution is -2.16. The molecule has 1 rings (SSSR count). The Kier molecular flexibility index (Phi) is 4.40. The maximum absolute atomic E-state index is 10.5. The number of hydrogen-bond donors (Lipinski definition) is 1. The van der Waals surface area contributed by atoms with Crippen molar-refractivity contribution in [2.75, 3.05) is 5.32 Å². The zero-order valence-electron chi connectivity index (χ0n) is 9.80. The molecule has 0 bridgehead atoms. The molecule has 90 valence electrons. The summed E-state index contributed by atoms with van der Waals surface area (Å²) in [5, 5.41) is 22.5. The molecule has 0 aromatic carbocycles. The zero-order chi connectivity index (χ0) is 12.8. The third-order valence-electron chi connectivity index (χ3n) is 2.31. The second kappa shape index (κ2) is 5.80. The van der Waals surface area contributed by atoms with E-state index >= 15 is 0 Å². The molecule has 0 aliphatic carbocycles. The van der Waals surface area contributed by atoms with Crippen molar-refractivity contribution in [1.29, 1.82) is 5.26 Å². The van der Waals surface area contributed by atoms with E-state index in [1.165, 1.54) is 6.07 Å². The fourth-order valence-corrected chi connectivity index (χ4v) is 1.49. The lowest BCUT2D eigenvalue weighted by atomic mass is 10.2. The molecule has 1 heterocycles. The number of pyridine rings is 1. The molecule has 0 aliphatic heterocycles. The SMILES string of the molecule is CCCC(C)Nc1ncc([N+](=O)[O-])cc1C#N. The van der Waals surface area contributed by atoms with Gasteiger partial charge in [-0.2, -0.15) is 5.26 Å². The van der Waals surface area contributed by atoms with Crippen LogP contribution in [0.4, 0.5) is 11.5 Å². The summed E-state index contributed by atoms with van der Waals surface area (Å²) in [7, 11) is 0. The summed E-state index contributed by atoms with van der Waals surface area (Å²) < 4.78 is 0. The molecular weight excluding hydrogens is 220 g/mol. The van der Waals surface area contributed by atoms with Crippen molar-refractivity contribution < 1.29 is 4.92 Å². The molecule has 0 saturated carbocycles. The van der Waals surface area contributed by atoms with Crippen molar-refractivity contribution in [3.05, 3.63) is 27.9 Å². The Morgan fingerprint density at radius 2 is 2.41 bits per heavy atom. The molecule has 0 amide bonds. The van der Waals surface area contributed by atoms with E-state index < -0.39 is 4.92 Å². The van der Waals surface area contributed by atoms with Crippen LogP contribution in [0.3, 0.4) is 0 Å². The molecule has 17 heavy (non-hydrogen) atoms. The van der Waals surface area contributed by atoms with E-state index in [2.05, 4.69) is 17.2 Å². The van der Waals surface area contributed by atoms with E-state index in [1.807, 2.05) is 13.0 Å². The van der Waals surface area contributed by atoms with Crippen LogP contribution in [0.2, 0.25) is 0 Å². The van der Waals surface area contributed by atoms with E-state index in [9.17, 15) is 10.1 Å². The van der Waals surface area contributed by atoms with Crippen LogP contribution in [0.1, 0.15) is 32.3 Å². The van der Waals surface area contributed by atoms with Crippen molar-refractivity contribution >= 4 is 11.5 Å². The standard InChI is InChI=1S/C11H14N4O2/c1-3-4-8(2)14-11-9(6-12)5-10(7-13-11)15(16)17/h5,7-8H,3-4H2,1-2H3,(H,13,14). The van der Waals surface area contributed by atoms with Gasteiger partial charge in [-0.1, -0.05) is 13.3 Å². The molecular formula is C11H14N4O2. The Morgan fingerprint density at radius 3 is 2.94 bits per heavy atom. The van der Waals surface area contributed by atoms with Crippen molar-refractivity contribution in [1.82, 2.24) is 4.98 Å². The third kappa shape index (κ3) is 3.41. The first kappa shape index (κ1) is 12.9. The summed E-state index contributed by atoms with van der Waals surface area (Å²) in [5.74, 6) is 0.402. The van der Waals surface area contributed by atoms with Gasteiger partial charge in [0.25, 0.3) is 5.69 Å². The van der Waals surface area contributed by atoms with Gasteiger partial charge >= 0.3 is 0 Å². The number of hydrogen-bond acceptors (Lipinski definition) is 5. The van der Waals surface area contributed by atoms with Gasteiger partial charge in [0.15, 0.2) is 0 Å². The summed E-state index contributed by atoms with van der Waals surface area (Å²) in [6, 6.07) is 3.32. The van der Waals surface area contributed by atoms with Gasteiger partial charge in [0.1, 0.15) is 23.6 Å². The second-order valence-electron chi connectivity index (χ2n) is 3.79. The summed E-state index contributed by atoms with van der Waals surface area (Å²) in [6.07, 6.45) is 3.12. The first-order chi connectivity index (χ1) is 8.08. The number of nitrogens with one attached hydrogen (secondary N) is 1. The van der Waals surface area contributed by atoms with Crippen molar-refractivity contribution in [3.8, 4) is 6.07 Å². The Bertz CT molecular complexity index is 453. The Morgan fingerprint density at radius 1 is 1.71 bits per heavy atom. The van der Waals surface area contributed by atoms with Crippen LogP contribution < -0.4 is 5.32 Å². The van der Waals surface area contributed by atoms with E-state index in [0.29, 0.717) is 5.82 Å². The fourth-order valence-electron chi connectivity index (χ4n) is 1.49. The Balaban J connectivity index is 2.94. The monoisotopic (exact) mass is 234 g/mol. The number of aromatic nitrogens is 1. The van der Waals surface area contributed by atoms with Crippen LogP contribution in [-0.2, 0) is 0 Å². The maximum atomic E-state index is 10.5. The molecule has 6 nitrogen and oxygen atoms in total. The van der Waals surface area contributed by atoms with Gasteiger partial charge in [0, 0.05) is 12.1 Å². The Labute approximate surface area is 99.4 Å². The fraction of sp³-hybridized carbons (Fsp3) is 0.455. The highest BCUT2D eigenvalue weighted by Gasteiger charge is 2.13. The summed E-state index contributed by atoms with van der Waals surface area (Å²) in [5.41, 5.74) is 0.0254. The van der Waals surface area contributed by atoms with Gasteiger partial charge < -0.3 is 5.32 Å². The predicted octanol–water partition coefficient (Wildman–Crippen LogP) is 2.46. The minimum absolute atomic E-state index is 0.171. The molecule has 6 heteroatoms. The van der Waals surface area contributed by atoms with Crippen LogP contribution in [0, 0.1) is 21.4 Å². The van der Waals surface area contributed by atoms with E-state index in [1.54, 1.807) is 0 Å². The largest absolute Gasteiger partial charge is 0.367 e. The highest BCUT2D eigenvalue weighted by Crippen LogP contribution is 2.19. The van der Waals surface area contributed by atoms with Crippen LogP contribution in [-0.4, -0.2) is 15.9 Å². The predicted molar refractivity (Wildman–Crippen MR) is 63.6 cm³/mol. The summed E-state index contributed by atoms with van der Waals surface area (Å²) in [6.45, 7) is 4.04. The van der Waals surface area contributed by atoms with E-state index in [-0.39, 0.29) is 17.3 Å². The van der Waals surface area contributed by atoms with Crippen molar-refractivity contribution in [2.45, 2.75) is 32.7 Å². The number of nitrogens with zero attached hydrogens (tertiary/aromatic N) is 3. The minimum Gasteiger partial charge on any atom is -0.367 e. The molecule has 0 saturated heterocycles.